The Morgan fingerprint density at radius 1 is 1.42 bits per heavy atom. The van der Waals surface area contributed by atoms with E-state index in [1.165, 1.54) is 18.2 Å². The van der Waals surface area contributed by atoms with Crippen molar-refractivity contribution in [2.24, 2.45) is 0 Å². The number of hydrogen-bond acceptors (Lipinski definition) is 3. The van der Waals surface area contributed by atoms with Crippen LogP contribution in [0.4, 0.5) is 10.1 Å². The summed E-state index contributed by atoms with van der Waals surface area (Å²) >= 11 is 5.67. The SMILES string of the molecule is CC(C)c1cc(C(=N)Nc2ccc(F)c(Cl)c2)no1. The average Bonchev–Trinajstić information content (AvgIpc) is 2.83. The number of anilines is 1. The van der Waals surface area contributed by atoms with E-state index in [9.17, 15) is 4.39 Å². The summed E-state index contributed by atoms with van der Waals surface area (Å²) in [6.45, 7) is 3.95. The molecule has 2 rings (SSSR count). The van der Waals surface area contributed by atoms with E-state index >= 15 is 0 Å². The van der Waals surface area contributed by atoms with E-state index in [2.05, 4.69) is 10.5 Å². The zero-order chi connectivity index (χ0) is 14.0. The summed E-state index contributed by atoms with van der Waals surface area (Å²) in [6.07, 6.45) is 0. The summed E-state index contributed by atoms with van der Waals surface area (Å²) < 4.78 is 18.1. The van der Waals surface area contributed by atoms with Crippen molar-refractivity contribution in [1.82, 2.24) is 5.16 Å². The van der Waals surface area contributed by atoms with Crippen molar-refractivity contribution >= 4 is 23.1 Å². The maximum atomic E-state index is 13.0. The molecule has 0 fully saturated rings. The van der Waals surface area contributed by atoms with Gasteiger partial charge < -0.3 is 9.84 Å². The standard InChI is InChI=1S/C13H13ClFN3O/c1-7(2)12-6-11(18-19-12)13(16)17-8-3-4-10(15)9(14)5-8/h3-7H,1-2H3,(H2,16,17). The van der Waals surface area contributed by atoms with Crippen molar-refractivity contribution in [3.05, 3.63) is 46.6 Å². The highest BCUT2D eigenvalue weighted by atomic mass is 35.5. The van der Waals surface area contributed by atoms with Crippen molar-refractivity contribution in [3.63, 3.8) is 0 Å². The summed E-state index contributed by atoms with van der Waals surface area (Å²) in [5.41, 5.74) is 0.912. The highest BCUT2D eigenvalue weighted by Crippen LogP contribution is 2.20. The van der Waals surface area contributed by atoms with Crippen LogP contribution in [-0.2, 0) is 0 Å². The van der Waals surface area contributed by atoms with Gasteiger partial charge in [-0.3, -0.25) is 5.41 Å². The normalized spacial score (nSPS) is 10.8. The van der Waals surface area contributed by atoms with E-state index in [4.69, 9.17) is 21.5 Å². The largest absolute Gasteiger partial charge is 0.360 e. The van der Waals surface area contributed by atoms with E-state index in [0.29, 0.717) is 17.1 Å². The monoisotopic (exact) mass is 281 g/mol. The number of amidine groups is 1. The van der Waals surface area contributed by atoms with Crippen LogP contribution >= 0.6 is 11.6 Å². The van der Waals surface area contributed by atoms with Crippen molar-refractivity contribution in [3.8, 4) is 0 Å². The molecule has 4 nitrogen and oxygen atoms in total. The Bertz CT molecular complexity index is 610. The van der Waals surface area contributed by atoms with Crippen LogP contribution in [0, 0.1) is 11.2 Å². The molecule has 1 aromatic heterocycles. The number of halogens is 2. The Balaban J connectivity index is 2.13. The first kappa shape index (κ1) is 13.5. The van der Waals surface area contributed by atoms with Gasteiger partial charge in [0.2, 0.25) is 0 Å². The molecule has 2 N–H and O–H groups in total. The highest BCUT2D eigenvalue weighted by Gasteiger charge is 2.12. The van der Waals surface area contributed by atoms with Crippen molar-refractivity contribution in [2.75, 3.05) is 5.32 Å². The Morgan fingerprint density at radius 2 is 2.16 bits per heavy atom. The number of aromatic nitrogens is 1. The van der Waals surface area contributed by atoms with Crippen LogP contribution in [0.1, 0.15) is 31.2 Å². The molecule has 1 aromatic carbocycles. The highest BCUT2D eigenvalue weighted by molar-refractivity contribution is 6.31. The summed E-state index contributed by atoms with van der Waals surface area (Å²) in [5.74, 6) is 0.480. The summed E-state index contributed by atoms with van der Waals surface area (Å²) in [7, 11) is 0. The molecule has 0 spiro atoms. The number of nitrogens with one attached hydrogen (secondary N) is 2. The quantitative estimate of drug-likeness (QED) is 0.659. The number of rotatable bonds is 3. The lowest BCUT2D eigenvalue weighted by Crippen LogP contribution is -2.12. The molecule has 6 heteroatoms. The fourth-order valence-electron chi connectivity index (χ4n) is 1.46. The molecular weight excluding hydrogens is 269 g/mol. The summed E-state index contributed by atoms with van der Waals surface area (Å²) in [5, 5.41) is 14.5. The fraction of sp³-hybridized carbons (Fsp3) is 0.231. The second-order valence-corrected chi connectivity index (χ2v) is 4.81. The minimum Gasteiger partial charge on any atom is -0.360 e. The van der Waals surface area contributed by atoms with Crippen LogP contribution in [0.15, 0.2) is 28.8 Å². The lowest BCUT2D eigenvalue weighted by Gasteiger charge is -2.05. The maximum Gasteiger partial charge on any atom is 0.152 e. The van der Waals surface area contributed by atoms with Crippen LogP contribution in [0.3, 0.4) is 0 Å². The predicted molar refractivity (Wildman–Crippen MR) is 72.5 cm³/mol. The van der Waals surface area contributed by atoms with Crippen LogP contribution in [0.5, 0.6) is 0 Å². The third-order valence-electron chi connectivity index (χ3n) is 2.54. The molecule has 0 aliphatic carbocycles. The molecule has 0 aliphatic heterocycles. The van der Waals surface area contributed by atoms with Gasteiger partial charge in [-0.1, -0.05) is 30.6 Å². The lowest BCUT2D eigenvalue weighted by molar-refractivity contribution is 0.370. The molecule has 0 bridgehead atoms. The van der Waals surface area contributed by atoms with E-state index in [1.807, 2.05) is 13.8 Å². The minimum absolute atomic E-state index is 0.000761. The van der Waals surface area contributed by atoms with Gasteiger partial charge in [0.05, 0.1) is 5.02 Å². The van der Waals surface area contributed by atoms with Crippen LogP contribution in [0.25, 0.3) is 0 Å². The fourth-order valence-corrected chi connectivity index (χ4v) is 1.64. The molecule has 2 aromatic rings. The summed E-state index contributed by atoms with van der Waals surface area (Å²) in [4.78, 5) is 0. The average molecular weight is 282 g/mol. The van der Waals surface area contributed by atoms with Crippen LogP contribution in [0.2, 0.25) is 5.02 Å². The first-order chi connectivity index (χ1) is 8.97. The van der Waals surface area contributed by atoms with Crippen molar-refractivity contribution in [2.45, 2.75) is 19.8 Å². The number of benzene rings is 1. The summed E-state index contributed by atoms with van der Waals surface area (Å²) in [6, 6.07) is 5.85. The Labute approximate surface area is 115 Å². The second kappa shape index (κ2) is 5.40. The van der Waals surface area contributed by atoms with Crippen LogP contribution < -0.4 is 5.32 Å². The van der Waals surface area contributed by atoms with Gasteiger partial charge in [-0.25, -0.2) is 4.39 Å². The van der Waals surface area contributed by atoms with Gasteiger partial charge in [0.1, 0.15) is 17.3 Å². The molecule has 0 atom stereocenters. The van der Waals surface area contributed by atoms with Gasteiger partial charge in [0.15, 0.2) is 5.84 Å². The number of nitrogens with zero attached hydrogens (tertiary/aromatic N) is 1. The molecular formula is C13H13ClFN3O. The Hall–Kier alpha value is -1.88. The van der Waals surface area contributed by atoms with Crippen molar-refractivity contribution < 1.29 is 8.91 Å². The predicted octanol–water partition coefficient (Wildman–Crippen LogP) is 4.03. The molecule has 1 heterocycles. The smallest absolute Gasteiger partial charge is 0.152 e. The third kappa shape index (κ3) is 3.12. The molecule has 0 amide bonds. The van der Waals surface area contributed by atoms with E-state index in [1.54, 1.807) is 6.07 Å². The molecule has 0 aliphatic rings. The molecule has 100 valence electrons. The first-order valence-electron chi connectivity index (χ1n) is 5.75. The molecule has 0 radical (unpaired) electrons. The third-order valence-corrected chi connectivity index (χ3v) is 2.83. The van der Waals surface area contributed by atoms with Gasteiger partial charge in [0.25, 0.3) is 0 Å². The number of hydrogen-bond donors (Lipinski definition) is 2. The van der Waals surface area contributed by atoms with Gasteiger partial charge in [-0.05, 0) is 18.2 Å². The van der Waals surface area contributed by atoms with Gasteiger partial charge >= 0.3 is 0 Å². The zero-order valence-electron chi connectivity index (χ0n) is 10.5. The van der Waals surface area contributed by atoms with E-state index in [-0.39, 0.29) is 16.8 Å². The molecule has 0 saturated carbocycles. The van der Waals surface area contributed by atoms with Gasteiger partial charge in [0, 0.05) is 17.7 Å². The molecule has 19 heavy (non-hydrogen) atoms. The van der Waals surface area contributed by atoms with Crippen molar-refractivity contribution in [1.29, 1.82) is 5.41 Å². The van der Waals surface area contributed by atoms with Gasteiger partial charge in [-0.2, -0.15) is 0 Å². The zero-order valence-corrected chi connectivity index (χ0v) is 11.3. The Morgan fingerprint density at radius 3 is 2.74 bits per heavy atom. The molecule has 0 saturated heterocycles. The van der Waals surface area contributed by atoms with Gasteiger partial charge in [-0.15, -0.1) is 0 Å². The first-order valence-corrected chi connectivity index (χ1v) is 6.12. The Kier molecular flexibility index (Phi) is 3.85. The second-order valence-electron chi connectivity index (χ2n) is 4.40. The maximum absolute atomic E-state index is 13.0. The van der Waals surface area contributed by atoms with E-state index < -0.39 is 5.82 Å². The topological polar surface area (TPSA) is 61.9 Å². The minimum atomic E-state index is -0.498. The molecule has 0 unspecified atom stereocenters. The van der Waals surface area contributed by atoms with Crippen LogP contribution in [-0.4, -0.2) is 11.0 Å². The lowest BCUT2D eigenvalue weighted by atomic mass is 10.1. The van der Waals surface area contributed by atoms with E-state index in [0.717, 1.165) is 0 Å².